The third-order valence-electron chi connectivity index (χ3n) is 5.08. The molecule has 1 fully saturated rings. The van der Waals surface area contributed by atoms with E-state index in [1.165, 1.54) is 30.2 Å². The summed E-state index contributed by atoms with van der Waals surface area (Å²) in [5.74, 6) is 0.0241. The van der Waals surface area contributed by atoms with Gasteiger partial charge in [-0.05, 0) is 79.8 Å². The summed E-state index contributed by atoms with van der Waals surface area (Å²) in [5, 5.41) is 1.43. The summed E-state index contributed by atoms with van der Waals surface area (Å²) in [6.07, 6.45) is 10.0. The first-order valence-corrected chi connectivity index (χ1v) is 11.2. The van der Waals surface area contributed by atoms with E-state index >= 15 is 0 Å². The van der Waals surface area contributed by atoms with Gasteiger partial charge in [-0.15, -0.1) is 0 Å². The molecule has 5 heteroatoms. The normalized spacial score (nSPS) is 19.8. The molecule has 1 aliphatic carbocycles. The molecule has 2 aromatic rings. The van der Waals surface area contributed by atoms with Gasteiger partial charge in [0.15, 0.2) is 5.17 Å². The Morgan fingerprint density at radius 2 is 1.86 bits per heavy atom. The van der Waals surface area contributed by atoms with Crippen molar-refractivity contribution in [2.75, 3.05) is 6.54 Å². The highest BCUT2D eigenvalue weighted by Crippen LogP contribution is 2.35. The van der Waals surface area contributed by atoms with Crippen molar-refractivity contribution >= 4 is 46.2 Å². The van der Waals surface area contributed by atoms with Crippen molar-refractivity contribution in [3.8, 4) is 0 Å². The van der Waals surface area contributed by atoms with Crippen molar-refractivity contribution < 1.29 is 4.79 Å². The average Bonchev–Trinajstić information content (AvgIpc) is 3.04. The Morgan fingerprint density at radius 1 is 1.07 bits per heavy atom. The Hall–Kier alpha value is -2.30. The van der Waals surface area contributed by atoms with E-state index in [0.717, 1.165) is 35.7 Å². The zero-order valence-corrected chi connectivity index (χ0v) is 17.8. The Bertz CT molecular complexity index is 964. The first kappa shape index (κ1) is 20.0. The lowest BCUT2D eigenvalue weighted by Gasteiger charge is -2.18. The summed E-state index contributed by atoms with van der Waals surface area (Å²) < 4.78 is 0. The predicted molar refractivity (Wildman–Crippen MR) is 123 cm³/mol. The van der Waals surface area contributed by atoms with Crippen LogP contribution in [0.15, 0.2) is 76.1 Å². The van der Waals surface area contributed by atoms with Crippen LogP contribution in [0, 0.1) is 0 Å². The number of hydrogen-bond acceptors (Lipinski definition) is 3. The van der Waals surface area contributed by atoms with E-state index in [0.29, 0.717) is 16.5 Å². The summed E-state index contributed by atoms with van der Waals surface area (Å²) in [6.45, 7) is 0.668. The molecular weight excluding hydrogens is 400 g/mol. The second kappa shape index (κ2) is 9.47. The molecule has 29 heavy (non-hydrogen) atoms. The first-order valence-electron chi connectivity index (χ1n) is 9.98. The van der Waals surface area contributed by atoms with E-state index in [-0.39, 0.29) is 5.91 Å². The Labute approximate surface area is 181 Å². The van der Waals surface area contributed by atoms with E-state index in [1.807, 2.05) is 65.6 Å². The number of para-hydroxylation sites is 1. The lowest BCUT2D eigenvalue weighted by molar-refractivity contribution is -0.122. The Morgan fingerprint density at radius 3 is 2.59 bits per heavy atom. The highest BCUT2D eigenvalue weighted by Gasteiger charge is 2.33. The summed E-state index contributed by atoms with van der Waals surface area (Å²) >= 11 is 7.43. The number of benzene rings is 2. The summed E-state index contributed by atoms with van der Waals surface area (Å²) in [4.78, 5) is 20.4. The van der Waals surface area contributed by atoms with E-state index in [1.54, 1.807) is 0 Å². The van der Waals surface area contributed by atoms with Crippen LogP contribution in [0.1, 0.15) is 37.7 Å². The lowest BCUT2D eigenvalue weighted by Crippen LogP contribution is -2.30. The summed E-state index contributed by atoms with van der Waals surface area (Å²) in [6, 6.07) is 17.3. The number of amides is 1. The summed E-state index contributed by atoms with van der Waals surface area (Å²) in [7, 11) is 0. The zero-order valence-electron chi connectivity index (χ0n) is 16.2. The van der Waals surface area contributed by atoms with Gasteiger partial charge in [-0.3, -0.25) is 9.69 Å². The van der Waals surface area contributed by atoms with E-state index in [9.17, 15) is 4.79 Å². The van der Waals surface area contributed by atoms with Crippen LogP contribution in [-0.4, -0.2) is 22.5 Å². The fraction of sp³-hybridized carbons (Fsp3) is 0.250. The van der Waals surface area contributed by atoms with Crippen molar-refractivity contribution in [3.05, 3.63) is 81.7 Å². The van der Waals surface area contributed by atoms with Gasteiger partial charge in [-0.1, -0.05) is 53.6 Å². The predicted octanol–water partition coefficient (Wildman–Crippen LogP) is 6.83. The first-order chi connectivity index (χ1) is 14.2. The quantitative estimate of drug-likeness (QED) is 0.390. The van der Waals surface area contributed by atoms with Crippen LogP contribution in [0.5, 0.6) is 0 Å². The van der Waals surface area contributed by atoms with E-state index in [4.69, 9.17) is 16.6 Å². The number of aliphatic imine (C=N–C) groups is 1. The van der Waals surface area contributed by atoms with Gasteiger partial charge in [0.05, 0.1) is 10.6 Å². The van der Waals surface area contributed by atoms with Crippen molar-refractivity contribution in [2.45, 2.75) is 32.1 Å². The van der Waals surface area contributed by atoms with Crippen LogP contribution in [0.3, 0.4) is 0 Å². The third kappa shape index (κ3) is 5.20. The maximum Gasteiger partial charge on any atom is 0.266 e. The molecular formula is C24H23ClN2OS. The molecule has 0 aromatic heterocycles. The van der Waals surface area contributed by atoms with Gasteiger partial charge in [-0.25, -0.2) is 4.99 Å². The SMILES string of the molecule is O=C1/C(=C/c2ccc(Cl)cc2)SC(=Nc2ccccc2)N1CCC1=CCCCC1. The molecule has 0 spiro atoms. The smallest absolute Gasteiger partial charge is 0.266 e. The van der Waals surface area contributed by atoms with E-state index in [2.05, 4.69) is 6.08 Å². The molecule has 0 N–H and O–H groups in total. The molecule has 3 nitrogen and oxygen atoms in total. The standard InChI is InChI=1S/C24H23ClN2OS/c25-20-13-11-19(12-14-20)17-22-23(28)27(16-15-18-7-3-1-4-8-18)24(29-22)26-21-9-5-2-6-10-21/h2,5-7,9-14,17H,1,3-4,8,15-16H2/b22-17-,26-24?. The molecule has 0 radical (unpaired) electrons. The highest BCUT2D eigenvalue weighted by atomic mass is 35.5. The number of thioether (sulfide) groups is 1. The van der Waals surface area contributed by atoms with Gasteiger partial charge in [-0.2, -0.15) is 0 Å². The fourth-order valence-corrected chi connectivity index (χ4v) is 4.65. The number of carbonyl (C=O) groups is 1. The molecule has 0 atom stereocenters. The maximum absolute atomic E-state index is 13.2. The number of rotatable bonds is 5. The van der Waals surface area contributed by atoms with Gasteiger partial charge in [0.25, 0.3) is 5.91 Å². The van der Waals surface area contributed by atoms with Crippen LogP contribution in [0.25, 0.3) is 6.08 Å². The van der Waals surface area contributed by atoms with Gasteiger partial charge in [0.2, 0.25) is 0 Å². The largest absolute Gasteiger partial charge is 0.286 e. The van der Waals surface area contributed by atoms with Crippen LogP contribution < -0.4 is 0 Å². The minimum Gasteiger partial charge on any atom is -0.286 e. The summed E-state index contributed by atoms with van der Waals surface area (Å²) in [5.41, 5.74) is 3.28. The molecule has 148 valence electrons. The van der Waals surface area contributed by atoms with Crippen molar-refractivity contribution in [1.82, 2.24) is 4.90 Å². The van der Waals surface area contributed by atoms with Gasteiger partial charge < -0.3 is 0 Å². The molecule has 1 amide bonds. The minimum atomic E-state index is 0.0241. The zero-order chi connectivity index (χ0) is 20.1. The topological polar surface area (TPSA) is 32.7 Å². The van der Waals surface area contributed by atoms with Crippen molar-refractivity contribution in [1.29, 1.82) is 0 Å². The van der Waals surface area contributed by atoms with E-state index < -0.39 is 0 Å². The third-order valence-corrected chi connectivity index (χ3v) is 6.34. The van der Waals surface area contributed by atoms with Crippen LogP contribution in [0.2, 0.25) is 5.02 Å². The lowest BCUT2D eigenvalue weighted by atomic mass is 9.97. The second-order valence-electron chi connectivity index (χ2n) is 7.21. The van der Waals surface area contributed by atoms with Gasteiger partial charge in [0.1, 0.15) is 0 Å². The monoisotopic (exact) mass is 422 g/mol. The molecule has 0 saturated carbocycles. The number of halogens is 1. The Kier molecular flexibility index (Phi) is 6.53. The number of allylic oxidation sites excluding steroid dienone is 1. The molecule has 0 unspecified atom stereocenters. The average molecular weight is 423 g/mol. The number of nitrogens with zero attached hydrogens (tertiary/aromatic N) is 2. The number of hydrogen-bond donors (Lipinski definition) is 0. The number of amidine groups is 1. The minimum absolute atomic E-state index is 0.0241. The van der Waals surface area contributed by atoms with Gasteiger partial charge in [0, 0.05) is 11.6 Å². The molecule has 0 bridgehead atoms. The molecule has 1 saturated heterocycles. The van der Waals surface area contributed by atoms with Crippen LogP contribution >= 0.6 is 23.4 Å². The molecule has 1 heterocycles. The van der Waals surface area contributed by atoms with Crippen LogP contribution in [-0.2, 0) is 4.79 Å². The maximum atomic E-state index is 13.2. The molecule has 1 aliphatic heterocycles. The molecule has 2 aromatic carbocycles. The number of carbonyl (C=O) groups excluding carboxylic acids is 1. The van der Waals surface area contributed by atoms with Crippen molar-refractivity contribution in [3.63, 3.8) is 0 Å². The van der Waals surface area contributed by atoms with Crippen LogP contribution in [0.4, 0.5) is 5.69 Å². The van der Waals surface area contributed by atoms with Crippen molar-refractivity contribution in [2.24, 2.45) is 4.99 Å². The van der Waals surface area contributed by atoms with Gasteiger partial charge >= 0.3 is 0 Å². The second-order valence-corrected chi connectivity index (χ2v) is 8.65. The molecule has 4 rings (SSSR count). The molecule has 2 aliphatic rings. The fourth-order valence-electron chi connectivity index (χ4n) is 3.50. The Balaban J connectivity index is 1.59. The highest BCUT2D eigenvalue weighted by molar-refractivity contribution is 8.18.